The molecular formula is C17H13N3O2S. The normalized spacial score (nSPS) is 12.3. The van der Waals surface area contributed by atoms with Gasteiger partial charge in [-0.15, -0.1) is 5.10 Å². The smallest absolute Gasteiger partial charge is 0.291 e. The van der Waals surface area contributed by atoms with E-state index >= 15 is 0 Å². The Labute approximate surface area is 135 Å². The summed E-state index contributed by atoms with van der Waals surface area (Å²) in [4.78, 5) is 17.5. The first-order valence-corrected chi connectivity index (χ1v) is 7.96. The zero-order valence-corrected chi connectivity index (χ0v) is 13.4. The van der Waals surface area contributed by atoms with Crippen LogP contribution in [0.15, 0.2) is 45.6 Å². The van der Waals surface area contributed by atoms with Crippen LogP contribution in [0.3, 0.4) is 0 Å². The van der Waals surface area contributed by atoms with Crippen LogP contribution in [0.4, 0.5) is 0 Å². The number of aryl methyl sites for hydroxylation is 2. The molecule has 0 saturated carbocycles. The van der Waals surface area contributed by atoms with Gasteiger partial charge in [-0.25, -0.2) is 0 Å². The number of fused-ring (bicyclic) bond motifs is 1. The molecule has 114 valence electrons. The highest BCUT2D eigenvalue weighted by atomic mass is 32.1. The summed E-state index contributed by atoms with van der Waals surface area (Å²) in [6, 6.07) is 11.6. The number of nitrogens with zero attached hydrogens (tertiary/aromatic N) is 3. The third-order valence-electron chi connectivity index (χ3n) is 3.49. The van der Waals surface area contributed by atoms with Crippen molar-refractivity contribution in [2.45, 2.75) is 13.8 Å². The summed E-state index contributed by atoms with van der Waals surface area (Å²) in [6.45, 7) is 3.88. The molecule has 4 rings (SSSR count). The minimum Gasteiger partial charge on any atom is -0.462 e. The third-order valence-corrected chi connectivity index (χ3v) is 4.45. The number of benzene rings is 1. The van der Waals surface area contributed by atoms with Gasteiger partial charge in [0.2, 0.25) is 4.96 Å². The molecule has 5 nitrogen and oxygen atoms in total. The molecule has 0 unspecified atom stereocenters. The number of furan rings is 1. The van der Waals surface area contributed by atoms with Gasteiger partial charge in [0.1, 0.15) is 16.1 Å². The van der Waals surface area contributed by atoms with Gasteiger partial charge >= 0.3 is 0 Å². The first kappa shape index (κ1) is 13.9. The Morgan fingerprint density at radius 1 is 1.22 bits per heavy atom. The maximum Gasteiger partial charge on any atom is 0.291 e. The van der Waals surface area contributed by atoms with Crippen molar-refractivity contribution in [3.63, 3.8) is 0 Å². The average molecular weight is 323 g/mol. The molecule has 3 heterocycles. The topological polar surface area (TPSA) is 60.4 Å². The van der Waals surface area contributed by atoms with Gasteiger partial charge in [-0.05, 0) is 32.0 Å². The van der Waals surface area contributed by atoms with Gasteiger partial charge in [-0.1, -0.05) is 35.1 Å². The molecule has 0 radical (unpaired) electrons. The van der Waals surface area contributed by atoms with Crippen LogP contribution in [0.1, 0.15) is 17.1 Å². The quantitative estimate of drug-likeness (QED) is 0.569. The Hall–Kier alpha value is -2.73. The summed E-state index contributed by atoms with van der Waals surface area (Å²) in [7, 11) is 0. The van der Waals surface area contributed by atoms with Crippen molar-refractivity contribution in [2.24, 2.45) is 0 Å². The number of thiazole rings is 1. The molecule has 0 bridgehead atoms. The Bertz CT molecular complexity index is 1120. The molecule has 0 N–H and O–H groups in total. The lowest BCUT2D eigenvalue weighted by Gasteiger charge is -1.95. The second kappa shape index (κ2) is 5.17. The minimum atomic E-state index is -0.176. The van der Waals surface area contributed by atoms with E-state index in [1.165, 1.54) is 15.9 Å². The highest BCUT2D eigenvalue weighted by Crippen LogP contribution is 2.17. The van der Waals surface area contributed by atoms with E-state index < -0.39 is 0 Å². The van der Waals surface area contributed by atoms with E-state index in [1.54, 1.807) is 6.08 Å². The van der Waals surface area contributed by atoms with Crippen LogP contribution < -0.4 is 10.1 Å². The van der Waals surface area contributed by atoms with Crippen molar-refractivity contribution in [1.82, 2.24) is 14.6 Å². The Morgan fingerprint density at radius 2 is 2.09 bits per heavy atom. The summed E-state index contributed by atoms with van der Waals surface area (Å²) in [5.41, 5.74) is 1.86. The van der Waals surface area contributed by atoms with Crippen LogP contribution in [0.2, 0.25) is 0 Å². The molecule has 4 aromatic rings. The van der Waals surface area contributed by atoms with E-state index in [2.05, 4.69) is 10.1 Å². The Balaban J connectivity index is 1.84. The summed E-state index contributed by atoms with van der Waals surface area (Å²) < 4.78 is 7.39. The van der Waals surface area contributed by atoms with Crippen LogP contribution in [0, 0.1) is 13.8 Å². The molecule has 1 aromatic carbocycles. The highest BCUT2D eigenvalue weighted by molar-refractivity contribution is 7.15. The standard InChI is InChI=1S/C17H13N3O2S/c1-10-4-3-5-12(8-10)15-18-17-20(19-15)16(21)14(23-17)9-13-7-6-11(2)22-13/h3-9H,1-2H3. The van der Waals surface area contributed by atoms with Crippen molar-refractivity contribution >= 4 is 22.4 Å². The average Bonchev–Trinajstić information content (AvgIpc) is 3.18. The van der Waals surface area contributed by atoms with E-state index in [0.29, 0.717) is 21.1 Å². The molecule has 23 heavy (non-hydrogen) atoms. The number of hydrogen-bond donors (Lipinski definition) is 0. The van der Waals surface area contributed by atoms with Gasteiger partial charge in [0.25, 0.3) is 5.56 Å². The molecule has 0 aliphatic rings. The molecule has 0 atom stereocenters. The monoisotopic (exact) mass is 323 g/mol. The van der Waals surface area contributed by atoms with E-state index in [9.17, 15) is 4.79 Å². The zero-order valence-electron chi connectivity index (χ0n) is 12.6. The zero-order chi connectivity index (χ0) is 16.0. The largest absolute Gasteiger partial charge is 0.462 e. The van der Waals surface area contributed by atoms with Gasteiger partial charge < -0.3 is 4.42 Å². The molecule has 0 spiro atoms. The fourth-order valence-electron chi connectivity index (χ4n) is 2.40. The minimum absolute atomic E-state index is 0.176. The molecule has 0 aliphatic heterocycles. The lowest BCUT2D eigenvalue weighted by molar-refractivity contribution is 0.525. The van der Waals surface area contributed by atoms with Gasteiger partial charge in [0.05, 0.1) is 0 Å². The second-order valence-electron chi connectivity index (χ2n) is 5.36. The second-order valence-corrected chi connectivity index (χ2v) is 6.37. The van der Waals surface area contributed by atoms with E-state index in [1.807, 2.05) is 50.2 Å². The highest BCUT2D eigenvalue weighted by Gasteiger charge is 2.12. The van der Waals surface area contributed by atoms with Crippen LogP contribution in [0.5, 0.6) is 0 Å². The molecule has 0 saturated heterocycles. The van der Waals surface area contributed by atoms with Crippen LogP contribution in [-0.2, 0) is 0 Å². The Kier molecular flexibility index (Phi) is 3.12. The van der Waals surface area contributed by atoms with Crippen molar-refractivity contribution in [2.75, 3.05) is 0 Å². The van der Waals surface area contributed by atoms with Gasteiger partial charge in [0, 0.05) is 11.6 Å². The summed E-state index contributed by atoms with van der Waals surface area (Å²) in [6.07, 6.45) is 1.72. The van der Waals surface area contributed by atoms with E-state index in [0.717, 1.165) is 16.9 Å². The van der Waals surface area contributed by atoms with Gasteiger partial charge in [-0.2, -0.15) is 9.50 Å². The van der Waals surface area contributed by atoms with Crippen molar-refractivity contribution in [1.29, 1.82) is 0 Å². The number of rotatable bonds is 2. The number of hydrogen-bond acceptors (Lipinski definition) is 5. The van der Waals surface area contributed by atoms with E-state index in [-0.39, 0.29) is 5.56 Å². The molecule has 3 aromatic heterocycles. The first-order valence-electron chi connectivity index (χ1n) is 7.15. The fourth-order valence-corrected chi connectivity index (χ4v) is 3.29. The predicted octanol–water partition coefficient (Wildman–Crippen LogP) is 2.58. The third kappa shape index (κ3) is 2.47. The maximum atomic E-state index is 12.4. The van der Waals surface area contributed by atoms with Crippen molar-refractivity contribution < 1.29 is 4.42 Å². The van der Waals surface area contributed by atoms with E-state index in [4.69, 9.17) is 4.42 Å². The van der Waals surface area contributed by atoms with Crippen molar-refractivity contribution in [3.05, 3.63) is 68.4 Å². The van der Waals surface area contributed by atoms with Gasteiger partial charge in [0.15, 0.2) is 5.82 Å². The lowest BCUT2D eigenvalue weighted by Crippen LogP contribution is -2.23. The van der Waals surface area contributed by atoms with Gasteiger partial charge in [-0.3, -0.25) is 4.79 Å². The molecule has 6 heteroatoms. The maximum absolute atomic E-state index is 12.4. The summed E-state index contributed by atoms with van der Waals surface area (Å²) in [5, 5.41) is 4.34. The van der Waals surface area contributed by atoms with Crippen LogP contribution in [-0.4, -0.2) is 14.6 Å². The molecule has 0 fully saturated rings. The molecule has 0 amide bonds. The van der Waals surface area contributed by atoms with Crippen LogP contribution in [0.25, 0.3) is 22.4 Å². The SMILES string of the molecule is Cc1cccc(-c2nc3sc(=Cc4ccc(C)o4)c(=O)n3n2)c1. The summed E-state index contributed by atoms with van der Waals surface area (Å²) in [5.74, 6) is 2.03. The predicted molar refractivity (Wildman–Crippen MR) is 89.5 cm³/mol. The summed E-state index contributed by atoms with van der Waals surface area (Å²) >= 11 is 1.31. The molecular weight excluding hydrogens is 310 g/mol. The number of aromatic nitrogens is 3. The fraction of sp³-hybridized carbons (Fsp3) is 0.118. The lowest BCUT2D eigenvalue weighted by atomic mass is 10.1. The van der Waals surface area contributed by atoms with Crippen molar-refractivity contribution in [3.8, 4) is 11.4 Å². The first-order chi connectivity index (χ1) is 11.1. The van der Waals surface area contributed by atoms with Crippen LogP contribution >= 0.6 is 11.3 Å². The Morgan fingerprint density at radius 3 is 2.78 bits per heavy atom. The molecule has 0 aliphatic carbocycles.